The lowest BCUT2D eigenvalue weighted by atomic mass is 10.0. The summed E-state index contributed by atoms with van der Waals surface area (Å²) in [6.07, 6.45) is 28.6. The molecule has 7 nitrogen and oxygen atoms in total. The molecule has 0 amide bonds. The van der Waals surface area contributed by atoms with Gasteiger partial charge < -0.3 is 19.0 Å². The maximum Gasteiger partial charge on any atom is 0.311 e. The predicted octanol–water partition coefficient (Wildman–Crippen LogP) is 12.4. The third kappa shape index (κ3) is 15.5. The normalized spacial score (nSPS) is 11.2. The van der Waals surface area contributed by atoms with Gasteiger partial charge in [0.1, 0.15) is 34.5 Å². The first-order valence-corrected chi connectivity index (χ1v) is 19.7. The van der Waals surface area contributed by atoms with Gasteiger partial charge in [0.25, 0.3) is 0 Å². The molecule has 0 aliphatic carbocycles. The van der Waals surface area contributed by atoms with Gasteiger partial charge in [-0.1, -0.05) is 154 Å². The first-order chi connectivity index (χ1) is 24.4. The van der Waals surface area contributed by atoms with Crippen LogP contribution in [0.25, 0.3) is 22.1 Å². The molecular formula is C43H62O7. The number of aromatic hydroxyl groups is 1. The van der Waals surface area contributed by atoms with E-state index < -0.39 is 5.43 Å². The number of rotatable bonds is 27. The molecule has 1 heterocycles. The Labute approximate surface area is 300 Å². The molecule has 0 saturated carbocycles. The number of esters is 2. The standard InChI is InChI=1S/C43H62O7/c1-3-5-7-9-11-13-15-17-19-21-23-25-40(45)49-35-29-27-34(28-30-35)37-33-48-39-32-36(31-38(44)42(39)43(37)47)50-41(46)26-24-22-20-18-16-14-12-10-8-6-4-2/h27-33,44H,3-26H2,1-2H3. The quantitative estimate of drug-likeness (QED) is 0.0482. The molecule has 7 heteroatoms. The smallest absolute Gasteiger partial charge is 0.311 e. The van der Waals surface area contributed by atoms with Gasteiger partial charge in [-0.25, -0.2) is 0 Å². The average Bonchev–Trinajstić information content (AvgIpc) is 3.10. The molecule has 1 N–H and O–H groups in total. The van der Waals surface area contributed by atoms with E-state index in [4.69, 9.17) is 13.9 Å². The summed E-state index contributed by atoms with van der Waals surface area (Å²) in [7, 11) is 0. The number of benzene rings is 2. The minimum Gasteiger partial charge on any atom is -0.507 e. The zero-order valence-corrected chi connectivity index (χ0v) is 30.9. The Hall–Kier alpha value is -3.61. The van der Waals surface area contributed by atoms with Crippen LogP contribution < -0.4 is 14.9 Å². The molecule has 0 aliphatic rings. The van der Waals surface area contributed by atoms with Crippen LogP contribution >= 0.6 is 0 Å². The predicted molar refractivity (Wildman–Crippen MR) is 203 cm³/mol. The van der Waals surface area contributed by atoms with Crippen LogP contribution in [-0.4, -0.2) is 17.0 Å². The monoisotopic (exact) mass is 690 g/mol. The van der Waals surface area contributed by atoms with Crippen LogP contribution in [-0.2, 0) is 9.59 Å². The molecular weight excluding hydrogens is 628 g/mol. The van der Waals surface area contributed by atoms with Crippen LogP contribution in [0.15, 0.2) is 51.9 Å². The summed E-state index contributed by atoms with van der Waals surface area (Å²) in [6, 6.07) is 9.40. The fraction of sp³-hybridized carbons (Fsp3) is 0.605. The van der Waals surface area contributed by atoms with Crippen LogP contribution in [0.1, 0.15) is 168 Å². The van der Waals surface area contributed by atoms with E-state index >= 15 is 0 Å². The van der Waals surface area contributed by atoms with E-state index in [1.807, 2.05) is 0 Å². The van der Waals surface area contributed by atoms with Gasteiger partial charge >= 0.3 is 11.9 Å². The highest BCUT2D eigenvalue weighted by atomic mass is 16.5. The van der Waals surface area contributed by atoms with E-state index in [2.05, 4.69) is 13.8 Å². The maximum atomic E-state index is 13.3. The van der Waals surface area contributed by atoms with Gasteiger partial charge in [0.05, 0.1) is 5.56 Å². The third-order valence-electron chi connectivity index (χ3n) is 9.43. The highest BCUT2D eigenvalue weighted by Gasteiger charge is 2.16. The molecule has 0 aliphatic heterocycles. The number of hydrogen-bond acceptors (Lipinski definition) is 7. The molecule has 2 aromatic carbocycles. The minimum atomic E-state index is -0.413. The van der Waals surface area contributed by atoms with Crippen molar-refractivity contribution in [2.75, 3.05) is 0 Å². The lowest BCUT2D eigenvalue weighted by Crippen LogP contribution is -2.09. The Balaban J connectivity index is 1.39. The summed E-state index contributed by atoms with van der Waals surface area (Å²) >= 11 is 0. The van der Waals surface area contributed by atoms with Crippen molar-refractivity contribution < 1.29 is 28.6 Å². The second-order valence-electron chi connectivity index (χ2n) is 13.8. The first-order valence-electron chi connectivity index (χ1n) is 19.7. The van der Waals surface area contributed by atoms with Crippen molar-refractivity contribution in [2.24, 2.45) is 0 Å². The number of carbonyl (C=O) groups is 2. The fourth-order valence-corrected chi connectivity index (χ4v) is 6.40. The zero-order chi connectivity index (χ0) is 35.8. The number of fused-ring (bicyclic) bond motifs is 1. The van der Waals surface area contributed by atoms with Gasteiger partial charge in [-0.05, 0) is 30.5 Å². The average molecular weight is 691 g/mol. The van der Waals surface area contributed by atoms with Crippen molar-refractivity contribution >= 4 is 22.9 Å². The molecule has 0 fully saturated rings. The Morgan fingerprint density at radius 3 is 1.46 bits per heavy atom. The molecule has 3 rings (SSSR count). The van der Waals surface area contributed by atoms with Crippen molar-refractivity contribution in [3.8, 4) is 28.4 Å². The molecule has 0 saturated heterocycles. The number of carbonyl (C=O) groups excluding carboxylic acids is 2. The Morgan fingerprint density at radius 1 is 0.580 bits per heavy atom. The summed E-state index contributed by atoms with van der Waals surface area (Å²) in [5, 5.41) is 10.7. The van der Waals surface area contributed by atoms with Crippen molar-refractivity contribution in [2.45, 2.75) is 168 Å². The van der Waals surface area contributed by atoms with Crippen molar-refractivity contribution in [3.63, 3.8) is 0 Å². The van der Waals surface area contributed by atoms with Crippen LogP contribution in [0.3, 0.4) is 0 Å². The van der Waals surface area contributed by atoms with Crippen LogP contribution in [0, 0.1) is 0 Å². The van der Waals surface area contributed by atoms with Crippen LogP contribution in [0.4, 0.5) is 0 Å². The Morgan fingerprint density at radius 2 is 1.00 bits per heavy atom. The molecule has 0 radical (unpaired) electrons. The summed E-state index contributed by atoms with van der Waals surface area (Å²) < 4.78 is 16.7. The van der Waals surface area contributed by atoms with Crippen molar-refractivity contribution in [1.82, 2.24) is 0 Å². The molecule has 276 valence electrons. The first kappa shape index (κ1) is 40.8. The molecule has 1 aromatic heterocycles. The summed E-state index contributed by atoms with van der Waals surface area (Å²) in [6.45, 7) is 4.48. The van der Waals surface area contributed by atoms with E-state index in [9.17, 15) is 19.5 Å². The van der Waals surface area contributed by atoms with Gasteiger partial charge in [0.15, 0.2) is 0 Å². The second kappa shape index (κ2) is 24.5. The fourth-order valence-electron chi connectivity index (χ4n) is 6.40. The van der Waals surface area contributed by atoms with Gasteiger partial charge in [-0.3, -0.25) is 14.4 Å². The van der Waals surface area contributed by atoms with E-state index in [1.165, 1.54) is 121 Å². The Bertz CT molecular complexity index is 1460. The van der Waals surface area contributed by atoms with E-state index in [-0.39, 0.29) is 40.0 Å². The lowest BCUT2D eigenvalue weighted by Gasteiger charge is -2.09. The number of phenols is 1. The number of unbranched alkanes of at least 4 members (excludes halogenated alkanes) is 20. The van der Waals surface area contributed by atoms with E-state index in [0.717, 1.165) is 38.5 Å². The topological polar surface area (TPSA) is 103 Å². The SMILES string of the molecule is CCCCCCCCCCCCCC(=O)Oc1ccc(-c2coc3cc(OC(=O)CCCCCCCCCCCCC)cc(O)c3c2=O)cc1. The second-order valence-corrected chi connectivity index (χ2v) is 13.8. The molecule has 0 atom stereocenters. The lowest BCUT2D eigenvalue weighted by molar-refractivity contribution is -0.135. The minimum absolute atomic E-state index is 0.00939. The van der Waals surface area contributed by atoms with Gasteiger partial charge in [-0.15, -0.1) is 0 Å². The van der Waals surface area contributed by atoms with Crippen molar-refractivity contribution in [3.05, 3.63) is 52.9 Å². The maximum absolute atomic E-state index is 13.3. The summed E-state index contributed by atoms with van der Waals surface area (Å²) in [4.78, 5) is 38.1. The van der Waals surface area contributed by atoms with Crippen LogP contribution in [0.5, 0.6) is 17.2 Å². The largest absolute Gasteiger partial charge is 0.507 e. The summed E-state index contributed by atoms with van der Waals surface area (Å²) in [5.41, 5.74) is 0.536. The van der Waals surface area contributed by atoms with Gasteiger partial charge in [-0.2, -0.15) is 0 Å². The van der Waals surface area contributed by atoms with E-state index in [1.54, 1.807) is 24.3 Å². The highest BCUT2D eigenvalue weighted by molar-refractivity contribution is 5.88. The number of phenolic OH excluding ortho intramolecular Hbond substituents is 1. The molecule has 0 unspecified atom stereocenters. The van der Waals surface area contributed by atoms with Gasteiger partial charge in [0.2, 0.25) is 5.43 Å². The number of hydrogen-bond donors (Lipinski definition) is 1. The van der Waals surface area contributed by atoms with Gasteiger partial charge in [0, 0.05) is 25.0 Å². The Kier molecular flexibility index (Phi) is 20.0. The zero-order valence-electron chi connectivity index (χ0n) is 30.9. The highest BCUT2D eigenvalue weighted by Crippen LogP contribution is 2.31. The molecule has 0 bridgehead atoms. The number of ether oxygens (including phenoxy) is 2. The third-order valence-corrected chi connectivity index (χ3v) is 9.43. The molecule has 50 heavy (non-hydrogen) atoms. The van der Waals surface area contributed by atoms with E-state index in [0.29, 0.717) is 24.2 Å². The molecule has 0 spiro atoms. The van der Waals surface area contributed by atoms with Crippen LogP contribution in [0.2, 0.25) is 0 Å². The van der Waals surface area contributed by atoms with Crippen molar-refractivity contribution in [1.29, 1.82) is 0 Å². The molecule has 3 aromatic rings. The summed E-state index contributed by atoms with van der Waals surface area (Å²) in [5.74, 6) is -0.409.